The molecular formula is C12H16N2O4. The Morgan fingerprint density at radius 1 is 1.50 bits per heavy atom. The summed E-state index contributed by atoms with van der Waals surface area (Å²) in [7, 11) is 0. The van der Waals surface area contributed by atoms with E-state index in [1.54, 1.807) is 0 Å². The fourth-order valence-corrected chi connectivity index (χ4v) is 1.40. The number of carbonyl (C=O) groups is 1. The lowest BCUT2D eigenvalue weighted by atomic mass is 10.2. The summed E-state index contributed by atoms with van der Waals surface area (Å²) in [5, 5.41) is 13.8. The third-order valence-electron chi connectivity index (χ3n) is 2.22. The van der Waals surface area contributed by atoms with Crippen LogP contribution in [0.3, 0.4) is 0 Å². The summed E-state index contributed by atoms with van der Waals surface area (Å²) >= 11 is 0. The van der Waals surface area contributed by atoms with Crippen molar-refractivity contribution in [1.29, 1.82) is 0 Å². The molecule has 0 spiro atoms. The predicted octanol–water partition coefficient (Wildman–Crippen LogP) is 2.24. The Labute approximate surface area is 105 Å². The number of nitrogens with one attached hydrogen (secondary N) is 1. The van der Waals surface area contributed by atoms with Gasteiger partial charge in [-0.3, -0.25) is 14.9 Å². The molecule has 1 aromatic rings. The van der Waals surface area contributed by atoms with Crippen molar-refractivity contribution in [2.24, 2.45) is 0 Å². The smallest absolute Gasteiger partial charge is 0.293 e. The van der Waals surface area contributed by atoms with Gasteiger partial charge in [0.05, 0.1) is 17.6 Å². The lowest BCUT2D eigenvalue weighted by Crippen LogP contribution is -2.14. The molecule has 0 saturated heterocycles. The highest BCUT2D eigenvalue weighted by Crippen LogP contribution is 2.24. The Morgan fingerprint density at radius 3 is 2.78 bits per heavy atom. The molecular weight excluding hydrogens is 236 g/mol. The minimum absolute atomic E-state index is 0.107. The van der Waals surface area contributed by atoms with Gasteiger partial charge >= 0.3 is 0 Å². The third kappa shape index (κ3) is 4.14. The van der Waals surface area contributed by atoms with Crippen molar-refractivity contribution in [3.63, 3.8) is 0 Å². The van der Waals surface area contributed by atoms with Crippen molar-refractivity contribution in [3.05, 3.63) is 33.9 Å². The molecule has 0 amide bonds. The molecule has 0 atom stereocenters. The van der Waals surface area contributed by atoms with E-state index in [4.69, 9.17) is 4.74 Å². The number of hydrogen-bond donors (Lipinski definition) is 1. The van der Waals surface area contributed by atoms with Crippen LogP contribution in [0.1, 0.15) is 24.2 Å². The fraction of sp³-hybridized carbons (Fsp3) is 0.417. The summed E-state index contributed by atoms with van der Waals surface area (Å²) in [6.07, 6.45) is 0.706. The Bertz CT molecular complexity index is 432. The van der Waals surface area contributed by atoms with Crippen molar-refractivity contribution in [1.82, 2.24) is 0 Å². The highest BCUT2D eigenvalue weighted by Gasteiger charge is 2.13. The number of carbonyl (C=O) groups excluding carboxylic acids is 1. The second-order valence-corrected chi connectivity index (χ2v) is 4.00. The van der Waals surface area contributed by atoms with Gasteiger partial charge in [0, 0.05) is 18.2 Å². The molecule has 0 bridgehead atoms. The van der Waals surface area contributed by atoms with E-state index in [-0.39, 0.29) is 17.4 Å². The van der Waals surface area contributed by atoms with Crippen LogP contribution in [-0.4, -0.2) is 30.5 Å². The van der Waals surface area contributed by atoms with E-state index in [1.165, 1.54) is 18.2 Å². The van der Waals surface area contributed by atoms with E-state index in [0.29, 0.717) is 25.1 Å². The van der Waals surface area contributed by atoms with Crippen LogP contribution >= 0.6 is 0 Å². The number of aldehydes is 1. The van der Waals surface area contributed by atoms with Crippen molar-refractivity contribution in [3.8, 4) is 0 Å². The van der Waals surface area contributed by atoms with E-state index in [9.17, 15) is 14.9 Å². The van der Waals surface area contributed by atoms with Crippen LogP contribution in [0.15, 0.2) is 18.2 Å². The molecule has 0 saturated carbocycles. The maximum absolute atomic E-state index is 10.8. The molecule has 6 nitrogen and oxygen atoms in total. The van der Waals surface area contributed by atoms with Gasteiger partial charge in [-0.05, 0) is 26.0 Å². The Morgan fingerprint density at radius 2 is 2.22 bits per heavy atom. The number of ether oxygens (including phenoxy) is 1. The fourth-order valence-electron chi connectivity index (χ4n) is 1.40. The van der Waals surface area contributed by atoms with Crippen molar-refractivity contribution >= 4 is 17.7 Å². The minimum atomic E-state index is -0.515. The Hall–Kier alpha value is -1.95. The van der Waals surface area contributed by atoms with Gasteiger partial charge in [0.2, 0.25) is 0 Å². The second kappa shape index (κ2) is 6.70. The zero-order valence-electron chi connectivity index (χ0n) is 10.4. The van der Waals surface area contributed by atoms with E-state index in [1.807, 2.05) is 13.8 Å². The van der Waals surface area contributed by atoms with E-state index < -0.39 is 4.92 Å². The van der Waals surface area contributed by atoms with Crippen LogP contribution in [0.4, 0.5) is 11.4 Å². The molecule has 0 unspecified atom stereocenters. The first-order valence-corrected chi connectivity index (χ1v) is 5.63. The zero-order chi connectivity index (χ0) is 13.5. The Balaban J connectivity index is 2.69. The molecule has 0 heterocycles. The lowest BCUT2D eigenvalue weighted by Gasteiger charge is -2.10. The highest BCUT2D eigenvalue weighted by molar-refractivity contribution is 5.79. The maximum atomic E-state index is 10.8. The number of nitrogens with zero attached hydrogens (tertiary/aromatic N) is 1. The number of nitro groups is 1. The molecule has 0 aromatic heterocycles. The molecule has 0 aliphatic heterocycles. The number of rotatable bonds is 7. The first kappa shape index (κ1) is 14.1. The van der Waals surface area contributed by atoms with Gasteiger partial charge in [0.1, 0.15) is 12.0 Å². The Kier molecular flexibility index (Phi) is 5.26. The summed E-state index contributed by atoms with van der Waals surface area (Å²) in [6.45, 7) is 4.77. The van der Waals surface area contributed by atoms with Crippen LogP contribution < -0.4 is 5.32 Å². The molecule has 1 rings (SSSR count). The van der Waals surface area contributed by atoms with Crippen molar-refractivity contribution in [2.45, 2.75) is 20.0 Å². The number of anilines is 1. The zero-order valence-corrected chi connectivity index (χ0v) is 10.4. The van der Waals surface area contributed by atoms with Crippen LogP contribution in [0.25, 0.3) is 0 Å². The molecule has 0 aliphatic rings. The average molecular weight is 252 g/mol. The van der Waals surface area contributed by atoms with Gasteiger partial charge in [-0.1, -0.05) is 0 Å². The minimum Gasteiger partial charge on any atom is -0.377 e. The van der Waals surface area contributed by atoms with E-state index in [0.717, 1.165) is 0 Å². The maximum Gasteiger partial charge on any atom is 0.293 e. The summed E-state index contributed by atoms with van der Waals surface area (Å²) < 4.78 is 5.32. The summed E-state index contributed by atoms with van der Waals surface area (Å²) in [6, 6.07) is 4.31. The number of benzene rings is 1. The van der Waals surface area contributed by atoms with Gasteiger partial charge in [-0.15, -0.1) is 0 Å². The molecule has 0 aliphatic carbocycles. The van der Waals surface area contributed by atoms with Crippen LogP contribution in [-0.2, 0) is 4.74 Å². The number of hydrogen-bond acceptors (Lipinski definition) is 5. The second-order valence-electron chi connectivity index (χ2n) is 4.00. The van der Waals surface area contributed by atoms with E-state index in [2.05, 4.69) is 5.32 Å². The van der Waals surface area contributed by atoms with Gasteiger partial charge < -0.3 is 10.1 Å². The first-order chi connectivity index (χ1) is 8.54. The van der Waals surface area contributed by atoms with Gasteiger partial charge in [-0.25, -0.2) is 0 Å². The van der Waals surface area contributed by atoms with E-state index >= 15 is 0 Å². The SMILES string of the molecule is CC(C)OCCNc1ccc(C=O)cc1[N+](=O)[O-]. The quantitative estimate of drug-likeness (QED) is 0.348. The normalized spacial score (nSPS) is 10.4. The lowest BCUT2D eigenvalue weighted by molar-refractivity contribution is -0.384. The standard InChI is InChI=1S/C12H16N2O4/c1-9(2)18-6-5-13-11-4-3-10(8-15)7-12(11)14(16)17/h3-4,7-9,13H,5-6H2,1-2H3. The molecule has 1 N–H and O–H groups in total. The molecule has 6 heteroatoms. The molecule has 18 heavy (non-hydrogen) atoms. The average Bonchev–Trinajstić information content (AvgIpc) is 2.34. The van der Waals surface area contributed by atoms with Gasteiger partial charge in [0.15, 0.2) is 0 Å². The number of nitro benzene ring substituents is 1. The molecule has 0 radical (unpaired) electrons. The molecule has 98 valence electrons. The highest BCUT2D eigenvalue weighted by atomic mass is 16.6. The monoisotopic (exact) mass is 252 g/mol. The predicted molar refractivity (Wildman–Crippen MR) is 68.1 cm³/mol. The molecule has 1 aromatic carbocycles. The largest absolute Gasteiger partial charge is 0.377 e. The van der Waals surface area contributed by atoms with Crippen molar-refractivity contribution in [2.75, 3.05) is 18.5 Å². The van der Waals surface area contributed by atoms with Gasteiger partial charge in [-0.2, -0.15) is 0 Å². The van der Waals surface area contributed by atoms with Crippen LogP contribution in [0.2, 0.25) is 0 Å². The third-order valence-corrected chi connectivity index (χ3v) is 2.22. The van der Waals surface area contributed by atoms with Crippen LogP contribution in [0.5, 0.6) is 0 Å². The first-order valence-electron chi connectivity index (χ1n) is 5.63. The molecule has 0 fully saturated rings. The van der Waals surface area contributed by atoms with Crippen molar-refractivity contribution < 1.29 is 14.5 Å². The summed E-state index contributed by atoms with van der Waals surface area (Å²) in [4.78, 5) is 20.9. The summed E-state index contributed by atoms with van der Waals surface area (Å²) in [5.41, 5.74) is 0.563. The van der Waals surface area contributed by atoms with Gasteiger partial charge in [0.25, 0.3) is 5.69 Å². The topological polar surface area (TPSA) is 81.5 Å². The summed E-state index contributed by atoms with van der Waals surface area (Å²) in [5.74, 6) is 0. The van der Waals surface area contributed by atoms with Crippen LogP contribution in [0, 0.1) is 10.1 Å².